The lowest BCUT2D eigenvalue weighted by Gasteiger charge is -2.18. The smallest absolute Gasteiger partial charge is 0.159 e. The molecule has 0 aliphatic rings. The monoisotopic (exact) mass is 293 g/mol. The second-order valence-electron chi connectivity index (χ2n) is 5.30. The number of nitrogens with one attached hydrogen (secondary N) is 1. The number of halogens is 2. The molecule has 1 aromatic heterocycles. The van der Waals surface area contributed by atoms with Crippen molar-refractivity contribution in [3.05, 3.63) is 52.9 Å². The summed E-state index contributed by atoms with van der Waals surface area (Å²) in [6, 6.07) is 4.12. The highest BCUT2D eigenvalue weighted by Gasteiger charge is 2.17. The third kappa shape index (κ3) is 3.88. The minimum atomic E-state index is -0.811. The van der Waals surface area contributed by atoms with Crippen molar-refractivity contribution < 1.29 is 8.78 Å². The molecule has 0 amide bonds. The molecule has 2 rings (SSSR count). The SMILES string of the molecule is CCCNC(Cc1ccc(F)c(F)c1)c1cn(C)nc1C. The summed E-state index contributed by atoms with van der Waals surface area (Å²) in [5, 5.41) is 7.81. The highest BCUT2D eigenvalue weighted by Crippen LogP contribution is 2.22. The molecule has 0 radical (unpaired) electrons. The predicted octanol–water partition coefficient (Wildman–Crippen LogP) is 3.29. The number of hydrogen-bond donors (Lipinski definition) is 1. The van der Waals surface area contributed by atoms with Gasteiger partial charge in [-0.25, -0.2) is 8.78 Å². The molecule has 1 unspecified atom stereocenters. The lowest BCUT2D eigenvalue weighted by Crippen LogP contribution is -2.24. The van der Waals surface area contributed by atoms with Crippen LogP contribution in [0.3, 0.4) is 0 Å². The summed E-state index contributed by atoms with van der Waals surface area (Å²) in [6.45, 7) is 4.92. The van der Waals surface area contributed by atoms with E-state index < -0.39 is 11.6 Å². The third-order valence-electron chi connectivity index (χ3n) is 3.49. The van der Waals surface area contributed by atoms with Gasteiger partial charge in [0.15, 0.2) is 11.6 Å². The number of hydrogen-bond acceptors (Lipinski definition) is 2. The van der Waals surface area contributed by atoms with E-state index in [-0.39, 0.29) is 6.04 Å². The van der Waals surface area contributed by atoms with E-state index in [4.69, 9.17) is 0 Å². The molecular formula is C16H21F2N3. The first kappa shape index (κ1) is 15.6. The molecule has 1 atom stereocenters. The summed E-state index contributed by atoms with van der Waals surface area (Å²) < 4.78 is 28.2. The van der Waals surface area contributed by atoms with Crippen LogP contribution in [0.25, 0.3) is 0 Å². The molecule has 0 aliphatic carbocycles. The molecule has 0 fully saturated rings. The summed E-state index contributed by atoms with van der Waals surface area (Å²) in [4.78, 5) is 0. The van der Waals surface area contributed by atoms with Gasteiger partial charge >= 0.3 is 0 Å². The Labute approximate surface area is 124 Å². The van der Waals surface area contributed by atoms with E-state index in [0.29, 0.717) is 6.42 Å². The molecule has 0 saturated carbocycles. The minimum absolute atomic E-state index is 0.0449. The van der Waals surface area contributed by atoms with Crippen LogP contribution in [0, 0.1) is 18.6 Å². The van der Waals surface area contributed by atoms with Crippen molar-refractivity contribution in [3.63, 3.8) is 0 Å². The predicted molar refractivity (Wildman–Crippen MR) is 79.0 cm³/mol. The second kappa shape index (κ2) is 6.80. The van der Waals surface area contributed by atoms with Crippen molar-refractivity contribution in [3.8, 4) is 0 Å². The quantitative estimate of drug-likeness (QED) is 0.885. The van der Waals surface area contributed by atoms with Gasteiger partial charge in [-0.1, -0.05) is 13.0 Å². The van der Waals surface area contributed by atoms with Crippen LogP contribution in [0.2, 0.25) is 0 Å². The molecule has 0 bridgehead atoms. The van der Waals surface area contributed by atoms with Crippen molar-refractivity contribution in [2.45, 2.75) is 32.7 Å². The van der Waals surface area contributed by atoms with Crippen LogP contribution in [-0.4, -0.2) is 16.3 Å². The number of aryl methyl sites for hydroxylation is 2. The first-order chi connectivity index (χ1) is 10.0. The highest BCUT2D eigenvalue weighted by molar-refractivity contribution is 5.25. The zero-order valence-corrected chi connectivity index (χ0v) is 12.7. The van der Waals surface area contributed by atoms with Crippen molar-refractivity contribution in [2.75, 3.05) is 6.54 Å². The van der Waals surface area contributed by atoms with E-state index in [1.54, 1.807) is 10.7 Å². The number of aromatic nitrogens is 2. The molecule has 0 saturated heterocycles. The largest absolute Gasteiger partial charge is 0.310 e. The Morgan fingerprint density at radius 1 is 1.29 bits per heavy atom. The summed E-state index contributed by atoms with van der Waals surface area (Å²) in [5.74, 6) is -1.61. The topological polar surface area (TPSA) is 29.9 Å². The van der Waals surface area contributed by atoms with Crippen LogP contribution in [0.1, 0.15) is 36.2 Å². The Balaban J connectivity index is 2.23. The summed E-state index contributed by atoms with van der Waals surface area (Å²) in [6.07, 6.45) is 3.58. The zero-order chi connectivity index (χ0) is 15.4. The zero-order valence-electron chi connectivity index (χ0n) is 12.7. The molecule has 1 aromatic carbocycles. The Bertz CT molecular complexity index is 608. The fraction of sp³-hybridized carbons (Fsp3) is 0.438. The lowest BCUT2D eigenvalue weighted by molar-refractivity contribution is 0.499. The van der Waals surface area contributed by atoms with Crippen LogP contribution in [0.4, 0.5) is 8.78 Å². The van der Waals surface area contributed by atoms with Gasteiger partial charge in [0.05, 0.1) is 5.69 Å². The van der Waals surface area contributed by atoms with Gasteiger partial charge in [-0.15, -0.1) is 0 Å². The molecule has 5 heteroatoms. The molecule has 2 aromatic rings. The molecule has 1 N–H and O–H groups in total. The van der Waals surface area contributed by atoms with Gasteiger partial charge < -0.3 is 5.32 Å². The van der Waals surface area contributed by atoms with Gasteiger partial charge in [0.1, 0.15) is 0 Å². The minimum Gasteiger partial charge on any atom is -0.310 e. The van der Waals surface area contributed by atoms with E-state index in [0.717, 1.165) is 29.8 Å². The average Bonchev–Trinajstić information content (AvgIpc) is 2.77. The maximum Gasteiger partial charge on any atom is 0.159 e. The third-order valence-corrected chi connectivity index (χ3v) is 3.49. The molecule has 0 aliphatic heterocycles. The van der Waals surface area contributed by atoms with Crippen LogP contribution in [0.15, 0.2) is 24.4 Å². The van der Waals surface area contributed by atoms with Gasteiger partial charge in [0, 0.05) is 24.8 Å². The van der Waals surface area contributed by atoms with Gasteiger partial charge in [-0.3, -0.25) is 4.68 Å². The number of nitrogens with zero attached hydrogens (tertiary/aromatic N) is 2. The normalized spacial score (nSPS) is 12.6. The first-order valence-corrected chi connectivity index (χ1v) is 7.18. The molecule has 0 spiro atoms. The molecular weight excluding hydrogens is 272 g/mol. The van der Waals surface area contributed by atoms with Crippen LogP contribution in [-0.2, 0) is 13.5 Å². The van der Waals surface area contributed by atoms with Gasteiger partial charge in [-0.2, -0.15) is 5.10 Å². The van der Waals surface area contributed by atoms with Crippen molar-refractivity contribution in [1.82, 2.24) is 15.1 Å². The Morgan fingerprint density at radius 3 is 2.62 bits per heavy atom. The second-order valence-corrected chi connectivity index (χ2v) is 5.30. The first-order valence-electron chi connectivity index (χ1n) is 7.18. The lowest BCUT2D eigenvalue weighted by atomic mass is 9.99. The molecule has 1 heterocycles. The summed E-state index contributed by atoms with van der Waals surface area (Å²) >= 11 is 0. The van der Waals surface area contributed by atoms with Crippen molar-refractivity contribution >= 4 is 0 Å². The van der Waals surface area contributed by atoms with Crippen molar-refractivity contribution in [1.29, 1.82) is 0 Å². The summed E-state index contributed by atoms with van der Waals surface area (Å²) in [5.41, 5.74) is 2.81. The number of rotatable bonds is 6. The number of benzene rings is 1. The fourth-order valence-corrected chi connectivity index (χ4v) is 2.47. The maximum atomic E-state index is 13.4. The molecule has 21 heavy (non-hydrogen) atoms. The Hall–Kier alpha value is -1.75. The van der Waals surface area contributed by atoms with Gasteiger partial charge in [0.2, 0.25) is 0 Å². The standard InChI is InChI=1S/C16H21F2N3/c1-4-7-19-16(13-10-21(3)20-11(13)2)9-12-5-6-14(17)15(18)8-12/h5-6,8,10,16,19H,4,7,9H2,1-3H3. The van der Waals surface area contributed by atoms with Gasteiger partial charge in [-0.05, 0) is 44.0 Å². The van der Waals surface area contributed by atoms with Crippen LogP contribution >= 0.6 is 0 Å². The Kier molecular flexibility index (Phi) is 5.07. The maximum absolute atomic E-state index is 13.4. The van der Waals surface area contributed by atoms with E-state index in [1.165, 1.54) is 12.1 Å². The van der Waals surface area contributed by atoms with E-state index in [9.17, 15) is 8.78 Å². The molecule has 114 valence electrons. The van der Waals surface area contributed by atoms with E-state index in [1.807, 2.05) is 20.2 Å². The highest BCUT2D eigenvalue weighted by atomic mass is 19.2. The fourth-order valence-electron chi connectivity index (χ4n) is 2.47. The van der Waals surface area contributed by atoms with E-state index >= 15 is 0 Å². The van der Waals surface area contributed by atoms with Crippen LogP contribution in [0.5, 0.6) is 0 Å². The van der Waals surface area contributed by atoms with E-state index in [2.05, 4.69) is 17.3 Å². The van der Waals surface area contributed by atoms with Crippen molar-refractivity contribution in [2.24, 2.45) is 7.05 Å². The van der Waals surface area contributed by atoms with Gasteiger partial charge in [0.25, 0.3) is 0 Å². The average molecular weight is 293 g/mol. The van der Waals surface area contributed by atoms with Crippen LogP contribution < -0.4 is 5.32 Å². The Morgan fingerprint density at radius 2 is 2.05 bits per heavy atom. The summed E-state index contributed by atoms with van der Waals surface area (Å²) in [7, 11) is 1.88. The molecule has 3 nitrogen and oxygen atoms in total.